The molecule has 1 atom stereocenters. The van der Waals surface area contributed by atoms with E-state index in [0.29, 0.717) is 35.3 Å². The maximum absolute atomic E-state index is 13.0. The van der Waals surface area contributed by atoms with Gasteiger partial charge in [-0.3, -0.25) is 4.79 Å². The van der Waals surface area contributed by atoms with Crippen molar-refractivity contribution in [1.82, 2.24) is 14.9 Å². The Morgan fingerprint density at radius 2 is 2.12 bits per heavy atom. The molecule has 0 saturated carbocycles. The van der Waals surface area contributed by atoms with Crippen LogP contribution in [0.2, 0.25) is 0 Å². The highest BCUT2D eigenvalue weighted by atomic mass is 32.1. The highest BCUT2D eigenvalue weighted by molar-refractivity contribution is 7.19. The molecule has 4 rings (SSSR count). The van der Waals surface area contributed by atoms with Gasteiger partial charge < -0.3 is 26.1 Å². The first-order chi connectivity index (χ1) is 15.6. The standard InChI is InChI=1S/C21H21F3N6O2S/c1-30(2)20(31)10-3-4-12-16(6-10)33-19-17(12)18(27-9-28-19)29-14-5-11(8-25)13(26)7-15(14)32-21(22,23)24/h5,7-10,25H,3-4,6,26H2,1-2H3,(H,27,28,29). The second kappa shape index (κ2) is 8.50. The van der Waals surface area contributed by atoms with Gasteiger partial charge in [-0.05, 0) is 30.9 Å². The van der Waals surface area contributed by atoms with Crippen molar-refractivity contribution in [3.05, 3.63) is 34.5 Å². The van der Waals surface area contributed by atoms with Gasteiger partial charge in [-0.15, -0.1) is 24.5 Å². The predicted molar refractivity (Wildman–Crippen MR) is 120 cm³/mol. The van der Waals surface area contributed by atoms with Gasteiger partial charge in [-0.25, -0.2) is 9.97 Å². The zero-order valence-electron chi connectivity index (χ0n) is 17.8. The number of fused-ring (bicyclic) bond motifs is 3. The molecular formula is C21H21F3N6O2S. The van der Waals surface area contributed by atoms with Crippen LogP contribution in [0.5, 0.6) is 5.75 Å². The number of benzene rings is 1. The fourth-order valence-electron chi connectivity index (χ4n) is 3.95. The van der Waals surface area contributed by atoms with Crippen molar-refractivity contribution in [2.75, 3.05) is 25.1 Å². The summed E-state index contributed by atoms with van der Waals surface area (Å²) >= 11 is 1.45. The summed E-state index contributed by atoms with van der Waals surface area (Å²) in [5.74, 6) is -0.262. The number of halogens is 3. The van der Waals surface area contributed by atoms with Gasteiger partial charge in [0.25, 0.3) is 0 Å². The van der Waals surface area contributed by atoms with E-state index in [1.807, 2.05) is 0 Å². The first kappa shape index (κ1) is 22.8. The minimum Gasteiger partial charge on any atom is -0.403 e. The number of amides is 1. The van der Waals surface area contributed by atoms with Crippen LogP contribution in [0, 0.1) is 11.3 Å². The van der Waals surface area contributed by atoms with Crippen LogP contribution in [0.4, 0.5) is 30.4 Å². The van der Waals surface area contributed by atoms with E-state index in [4.69, 9.17) is 11.1 Å². The molecule has 2 aromatic heterocycles. The van der Waals surface area contributed by atoms with Crippen molar-refractivity contribution in [3.63, 3.8) is 0 Å². The Hall–Kier alpha value is -3.41. The van der Waals surface area contributed by atoms with Crippen LogP contribution in [0.3, 0.4) is 0 Å². The molecule has 0 radical (unpaired) electrons. The quantitative estimate of drug-likeness (QED) is 0.375. The number of aryl methyl sites for hydroxylation is 1. The third-order valence-electron chi connectivity index (χ3n) is 5.45. The summed E-state index contributed by atoms with van der Waals surface area (Å²) in [4.78, 5) is 24.3. The second-order valence-electron chi connectivity index (χ2n) is 7.87. The fraction of sp³-hybridized carbons (Fsp3) is 0.333. The van der Waals surface area contributed by atoms with E-state index < -0.39 is 12.1 Å². The molecule has 33 heavy (non-hydrogen) atoms. The number of nitrogens with one attached hydrogen (secondary N) is 2. The maximum Gasteiger partial charge on any atom is 0.573 e. The van der Waals surface area contributed by atoms with Crippen LogP contribution in [0.1, 0.15) is 22.4 Å². The Morgan fingerprint density at radius 3 is 2.79 bits per heavy atom. The molecule has 0 fully saturated rings. The Balaban J connectivity index is 1.75. The van der Waals surface area contributed by atoms with E-state index >= 15 is 0 Å². The normalized spacial score (nSPS) is 15.7. The number of hydrogen-bond acceptors (Lipinski definition) is 8. The SMILES string of the molecule is CN(C)C(=O)C1CCc2c(sc3ncnc(Nc4cc(C=N)c(N)cc4OC(F)(F)F)c23)C1. The van der Waals surface area contributed by atoms with Gasteiger partial charge in [0.05, 0.1) is 11.1 Å². The smallest absolute Gasteiger partial charge is 0.403 e. The van der Waals surface area contributed by atoms with Crippen LogP contribution in [0.25, 0.3) is 10.2 Å². The number of hydrogen-bond donors (Lipinski definition) is 3. The van der Waals surface area contributed by atoms with Crippen molar-refractivity contribution in [2.24, 2.45) is 5.92 Å². The lowest BCUT2D eigenvalue weighted by atomic mass is 9.87. The molecule has 1 unspecified atom stereocenters. The lowest BCUT2D eigenvalue weighted by molar-refractivity contribution is -0.274. The summed E-state index contributed by atoms with van der Waals surface area (Å²) in [5.41, 5.74) is 6.92. The minimum absolute atomic E-state index is 0.0212. The highest BCUT2D eigenvalue weighted by Gasteiger charge is 2.33. The molecule has 0 saturated heterocycles. The first-order valence-corrected chi connectivity index (χ1v) is 10.8. The van der Waals surface area contributed by atoms with Crippen LogP contribution < -0.4 is 15.8 Å². The predicted octanol–water partition coefficient (Wildman–Crippen LogP) is 4.11. The average molecular weight is 479 g/mol. The number of nitrogens with two attached hydrogens (primary N) is 1. The molecular weight excluding hydrogens is 457 g/mol. The number of alkyl halides is 3. The average Bonchev–Trinajstić information content (AvgIpc) is 3.12. The van der Waals surface area contributed by atoms with Crippen molar-refractivity contribution >= 4 is 50.9 Å². The number of ether oxygens (including phenoxy) is 1. The monoisotopic (exact) mass is 478 g/mol. The number of aromatic nitrogens is 2. The third kappa shape index (κ3) is 4.56. The molecule has 4 N–H and O–H groups in total. The number of nitrogens with zero attached hydrogens (tertiary/aromatic N) is 3. The molecule has 1 amide bonds. The molecule has 12 heteroatoms. The minimum atomic E-state index is -4.93. The van der Waals surface area contributed by atoms with Gasteiger partial charge in [0, 0.05) is 48.4 Å². The van der Waals surface area contributed by atoms with Gasteiger partial charge in [0.15, 0.2) is 5.75 Å². The number of carbonyl (C=O) groups is 1. The fourth-order valence-corrected chi connectivity index (χ4v) is 5.22. The molecule has 0 spiro atoms. The van der Waals surface area contributed by atoms with Gasteiger partial charge in [-0.1, -0.05) is 0 Å². The molecule has 0 bridgehead atoms. The van der Waals surface area contributed by atoms with E-state index in [2.05, 4.69) is 20.0 Å². The zero-order chi connectivity index (χ0) is 23.9. The summed E-state index contributed by atoms with van der Waals surface area (Å²) in [5, 5.41) is 11.1. The lowest BCUT2D eigenvalue weighted by Crippen LogP contribution is -2.32. The van der Waals surface area contributed by atoms with E-state index in [-0.39, 0.29) is 28.8 Å². The van der Waals surface area contributed by atoms with Gasteiger partial charge in [0.2, 0.25) is 5.91 Å². The molecule has 1 aromatic carbocycles. The summed E-state index contributed by atoms with van der Waals surface area (Å²) in [7, 11) is 3.46. The number of thiophene rings is 1. The zero-order valence-corrected chi connectivity index (χ0v) is 18.6. The number of rotatable bonds is 5. The molecule has 1 aliphatic rings. The summed E-state index contributed by atoms with van der Waals surface area (Å²) in [6, 6.07) is 2.33. The third-order valence-corrected chi connectivity index (χ3v) is 6.62. The maximum atomic E-state index is 13.0. The lowest BCUT2D eigenvalue weighted by Gasteiger charge is -2.24. The van der Waals surface area contributed by atoms with E-state index in [9.17, 15) is 18.0 Å². The van der Waals surface area contributed by atoms with E-state index in [1.54, 1.807) is 19.0 Å². The molecule has 174 valence electrons. The molecule has 1 aliphatic carbocycles. The van der Waals surface area contributed by atoms with Gasteiger partial charge in [-0.2, -0.15) is 0 Å². The van der Waals surface area contributed by atoms with Crippen molar-refractivity contribution in [1.29, 1.82) is 5.41 Å². The Kier molecular flexibility index (Phi) is 5.87. The number of anilines is 3. The molecule has 2 heterocycles. The van der Waals surface area contributed by atoms with Crippen LogP contribution in [0.15, 0.2) is 18.5 Å². The Bertz CT molecular complexity index is 1240. The highest BCUT2D eigenvalue weighted by Crippen LogP contribution is 2.42. The Labute approximate surface area is 191 Å². The van der Waals surface area contributed by atoms with Crippen LogP contribution in [-0.2, 0) is 17.6 Å². The van der Waals surface area contributed by atoms with Gasteiger partial charge in [0.1, 0.15) is 17.0 Å². The van der Waals surface area contributed by atoms with Crippen molar-refractivity contribution < 1.29 is 22.7 Å². The van der Waals surface area contributed by atoms with E-state index in [1.165, 1.54) is 23.7 Å². The van der Waals surface area contributed by atoms with Gasteiger partial charge >= 0.3 is 6.36 Å². The van der Waals surface area contributed by atoms with Crippen LogP contribution in [-0.4, -0.2) is 47.4 Å². The largest absolute Gasteiger partial charge is 0.573 e. The topological polar surface area (TPSA) is 117 Å². The summed E-state index contributed by atoms with van der Waals surface area (Å²) < 4.78 is 43.1. The Morgan fingerprint density at radius 1 is 1.36 bits per heavy atom. The second-order valence-corrected chi connectivity index (χ2v) is 8.96. The summed E-state index contributed by atoms with van der Waals surface area (Å²) in [6.07, 6.45) is -0.788. The number of carbonyl (C=O) groups excluding carboxylic acids is 1. The van der Waals surface area contributed by atoms with Crippen molar-refractivity contribution in [2.45, 2.75) is 25.6 Å². The molecule has 3 aromatic rings. The van der Waals surface area contributed by atoms with Crippen LogP contribution >= 0.6 is 11.3 Å². The molecule has 8 nitrogen and oxygen atoms in total. The number of nitrogen functional groups attached to an aromatic ring is 1. The first-order valence-electron chi connectivity index (χ1n) is 10.0. The summed E-state index contributed by atoms with van der Waals surface area (Å²) in [6.45, 7) is 0. The van der Waals surface area contributed by atoms with Crippen molar-refractivity contribution in [3.8, 4) is 5.75 Å². The molecule has 0 aliphatic heterocycles. The van der Waals surface area contributed by atoms with E-state index in [0.717, 1.165) is 22.7 Å².